The molecule has 0 unspecified atom stereocenters. The van der Waals surface area contributed by atoms with Crippen molar-refractivity contribution in [2.75, 3.05) is 0 Å². The lowest BCUT2D eigenvalue weighted by molar-refractivity contribution is 0.306. The van der Waals surface area contributed by atoms with Crippen LogP contribution in [-0.2, 0) is 6.61 Å². The zero-order valence-electron chi connectivity index (χ0n) is 10.6. The van der Waals surface area contributed by atoms with Gasteiger partial charge in [0.1, 0.15) is 12.4 Å². The van der Waals surface area contributed by atoms with Crippen LogP contribution in [0.3, 0.4) is 0 Å². The highest BCUT2D eigenvalue weighted by Crippen LogP contribution is 2.17. The van der Waals surface area contributed by atoms with E-state index >= 15 is 0 Å². The molecule has 18 heavy (non-hydrogen) atoms. The zero-order chi connectivity index (χ0) is 13.0. The third kappa shape index (κ3) is 2.89. The summed E-state index contributed by atoms with van der Waals surface area (Å²) < 4.78 is 5.72. The highest BCUT2D eigenvalue weighted by molar-refractivity contribution is 5.34. The summed E-state index contributed by atoms with van der Waals surface area (Å²) in [4.78, 5) is 0. The predicted octanol–water partition coefficient (Wildman–Crippen LogP) is 3.75. The maximum absolute atomic E-state index is 8.71. The monoisotopic (exact) mass is 237 g/mol. The lowest BCUT2D eigenvalue weighted by Gasteiger charge is -2.08. The molecule has 0 N–H and O–H groups in total. The summed E-state index contributed by atoms with van der Waals surface area (Å²) in [6.45, 7) is 4.68. The van der Waals surface area contributed by atoms with E-state index in [2.05, 4.69) is 26.0 Å². The Morgan fingerprint density at radius 1 is 1.00 bits per heavy atom. The number of rotatable bonds is 3. The van der Waals surface area contributed by atoms with Crippen LogP contribution in [0.5, 0.6) is 5.75 Å². The Morgan fingerprint density at radius 2 is 1.72 bits per heavy atom. The topological polar surface area (TPSA) is 33.0 Å². The van der Waals surface area contributed by atoms with E-state index in [9.17, 15) is 0 Å². The minimum Gasteiger partial charge on any atom is -0.489 e. The van der Waals surface area contributed by atoms with Crippen molar-refractivity contribution < 1.29 is 4.74 Å². The Bertz CT molecular complexity index is 579. The van der Waals surface area contributed by atoms with Gasteiger partial charge in [-0.05, 0) is 54.8 Å². The summed E-state index contributed by atoms with van der Waals surface area (Å²) in [7, 11) is 0. The first-order valence-electron chi connectivity index (χ1n) is 5.88. The smallest absolute Gasteiger partial charge is 0.120 e. The van der Waals surface area contributed by atoms with Crippen molar-refractivity contribution in [3.63, 3.8) is 0 Å². The number of nitrogens with zero attached hydrogens (tertiary/aromatic N) is 1. The molecule has 0 fully saturated rings. The van der Waals surface area contributed by atoms with Crippen LogP contribution in [0.2, 0.25) is 0 Å². The van der Waals surface area contributed by atoms with Gasteiger partial charge >= 0.3 is 0 Å². The third-order valence-electron chi connectivity index (χ3n) is 2.97. The van der Waals surface area contributed by atoms with Crippen molar-refractivity contribution in [1.29, 1.82) is 5.26 Å². The first-order chi connectivity index (χ1) is 8.69. The summed E-state index contributed by atoms with van der Waals surface area (Å²) in [5.41, 5.74) is 4.23. The Hall–Kier alpha value is -2.27. The second-order valence-corrected chi connectivity index (χ2v) is 4.34. The van der Waals surface area contributed by atoms with Crippen molar-refractivity contribution in [2.24, 2.45) is 0 Å². The van der Waals surface area contributed by atoms with Crippen LogP contribution in [0.1, 0.15) is 22.3 Å². The predicted molar refractivity (Wildman–Crippen MR) is 71.4 cm³/mol. The molecule has 0 amide bonds. The molecule has 2 heteroatoms. The number of nitriles is 1. The van der Waals surface area contributed by atoms with Crippen LogP contribution in [0.25, 0.3) is 0 Å². The molecule has 90 valence electrons. The number of hydrogen-bond acceptors (Lipinski definition) is 2. The normalized spacial score (nSPS) is 9.83. The van der Waals surface area contributed by atoms with Gasteiger partial charge in [-0.25, -0.2) is 0 Å². The summed E-state index contributed by atoms with van der Waals surface area (Å²) in [6, 6.07) is 15.6. The molecule has 0 heterocycles. The fourth-order valence-electron chi connectivity index (χ4n) is 1.65. The zero-order valence-corrected chi connectivity index (χ0v) is 10.6. The van der Waals surface area contributed by atoms with E-state index < -0.39 is 0 Å². The SMILES string of the molecule is Cc1ccc(OCc2ccc(C#N)cc2)cc1C. The molecule has 0 saturated carbocycles. The molecule has 0 bridgehead atoms. The van der Waals surface area contributed by atoms with Gasteiger partial charge in [0.05, 0.1) is 11.6 Å². The lowest BCUT2D eigenvalue weighted by atomic mass is 10.1. The van der Waals surface area contributed by atoms with E-state index in [1.54, 1.807) is 12.1 Å². The van der Waals surface area contributed by atoms with Gasteiger partial charge < -0.3 is 4.74 Å². The highest BCUT2D eigenvalue weighted by atomic mass is 16.5. The second-order valence-electron chi connectivity index (χ2n) is 4.34. The van der Waals surface area contributed by atoms with E-state index in [1.807, 2.05) is 24.3 Å². The molecular weight excluding hydrogens is 222 g/mol. The largest absolute Gasteiger partial charge is 0.489 e. The van der Waals surface area contributed by atoms with Gasteiger partial charge in [-0.15, -0.1) is 0 Å². The molecule has 0 aliphatic carbocycles. The maximum atomic E-state index is 8.71. The van der Waals surface area contributed by atoms with Crippen molar-refractivity contribution in [3.8, 4) is 11.8 Å². The van der Waals surface area contributed by atoms with Crippen molar-refractivity contribution in [3.05, 3.63) is 64.7 Å². The second kappa shape index (κ2) is 5.37. The van der Waals surface area contributed by atoms with Crippen LogP contribution in [0, 0.1) is 25.2 Å². The first kappa shape index (κ1) is 12.2. The minimum atomic E-state index is 0.522. The molecule has 0 aromatic heterocycles. The lowest BCUT2D eigenvalue weighted by Crippen LogP contribution is -1.96. The van der Waals surface area contributed by atoms with Crippen LogP contribution in [-0.4, -0.2) is 0 Å². The maximum Gasteiger partial charge on any atom is 0.120 e. The fourth-order valence-corrected chi connectivity index (χ4v) is 1.65. The van der Waals surface area contributed by atoms with Gasteiger partial charge in [0.2, 0.25) is 0 Å². The Labute approximate surface area is 107 Å². The minimum absolute atomic E-state index is 0.522. The molecule has 0 saturated heterocycles. The standard InChI is InChI=1S/C16H15NO/c1-12-3-8-16(9-13(12)2)18-11-15-6-4-14(10-17)5-7-15/h3-9H,11H2,1-2H3. The summed E-state index contributed by atoms with van der Waals surface area (Å²) in [5, 5.41) is 8.71. The third-order valence-corrected chi connectivity index (χ3v) is 2.97. The van der Waals surface area contributed by atoms with Crippen molar-refractivity contribution >= 4 is 0 Å². The number of benzene rings is 2. The van der Waals surface area contributed by atoms with E-state index in [1.165, 1.54) is 11.1 Å². The molecule has 2 aromatic carbocycles. The summed E-state index contributed by atoms with van der Waals surface area (Å²) >= 11 is 0. The Balaban J connectivity index is 2.02. The van der Waals surface area contributed by atoms with Gasteiger partial charge in [-0.3, -0.25) is 0 Å². The molecule has 2 aromatic rings. The molecule has 2 nitrogen and oxygen atoms in total. The van der Waals surface area contributed by atoms with Crippen LogP contribution < -0.4 is 4.74 Å². The van der Waals surface area contributed by atoms with Crippen LogP contribution >= 0.6 is 0 Å². The summed E-state index contributed by atoms with van der Waals surface area (Å²) in [6.07, 6.45) is 0. The fraction of sp³-hybridized carbons (Fsp3) is 0.188. The van der Waals surface area contributed by atoms with Crippen molar-refractivity contribution in [2.45, 2.75) is 20.5 Å². The molecule has 0 aliphatic rings. The van der Waals surface area contributed by atoms with Gasteiger partial charge in [-0.1, -0.05) is 18.2 Å². The Morgan fingerprint density at radius 3 is 2.33 bits per heavy atom. The number of aryl methyl sites for hydroxylation is 2. The average molecular weight is 237 g/mol. The quantitative estimate of drug-likeness (QED) is 0.814. The number of ether oxygens (including phenoxy) is 1. The van der Waals surface area contributed by atoms with E-state index in [-0.39, 0.29) is 0 Å². The molecule has 2 rings (SSSR count). The highest BCUT2D eigenvalue weighted by Gasteiger charge is 1.99. The van der Waals surface area contributed by atoms with Crippen LogP contribution in [0.15, 0.2) is 42.5 Å². The van der Waals surface area contributed by atoms with Crippen molar-refractivity contribution in [1.82, 2.24) is 0 Å². The van der Waals surface area contributed by atoms with E-state index in [0.29, 0.717) is 12.2 Å². The van der Waals surface area contributed by atoms with Gasteiger partial charge in [0.25, 0.3) is 0 Å². The molecule has 0 spiro atoms. The molecule has 0 aliphatic heterocycles. The molecule has 0 radical (unpaired) electrons. The Kier molecular flexibility index (Phi) is 3.64. The van der Waals surface area contributed by atoms with Gasteiger partial charge in [-0.2, -0.15) is 5.26 Å². The van der Waals surface area contributed by atoms with E-state index in [0.717, 1.165) is 11.3 Å². The number of hydrogen-bond donors (Lipinski definition) is 0. The van der Waals surface area contributed by atoms with Crippen LogP contribution in [0.4, 0.5) is 0 Å². The summed E-state index contributed by atoms with van der Waals surface area (Å²) in [5.74, 6) is 0.877. The van der Waals surface area contributed by atoms with E-state index in [4.69, 9.17) is 10.00 Å². The molecule has 0 atom stereocenters. The van der Waals surface area contributed by atoms with Gasteiger partial charge in [0.15, 0.2) is 0 Å². The average Bonchev–Trinajstić information content (AvgIpc) is 2.41. The first-order valence-corrected chi connectivity index (χ1v) is 5.88. The van der Waals surface area contributed by atoms with Gasteiger partial charge in [0, 0.05) is 0 Å². The molecular formula is C16H15NO.